The number of carbonyl (C=O) groups excluding carboxylic acids is 1. The molecule has 4 nitrogen and oxygen atoms in total. The van der Waals surface area contributed by atoms with Gasteiger partial charge in [0.2, 0.25) is 0 Å². The van der Waals surface area contributed by atoms with Gasteiger partial charge in [0.05, 0.1) is 13.2 Å². The lowest BCUT2D eigenvalue weighted by molar-refractivity contribution is -0.237. The summed E-state index contributed by atoms with van der Waals surface area (Å²) in [5, 5.41) is 0. The molecule has 2 aliphatic rings. The van der Waals surface area contributed by atoms with Gasteiger partial charge in [-0.15, -0.1) is 0 Å². The molecule has 4 heteroatoms. The van der Waals surface area contributed by atoms with E-state index in [1.807, 2.05) is 19.1 Å². The van der Waals surface area contributed by atoms with E-state index < -0.39 is 11.2 Å². The van der Waals surface area contributed by atoms with Crippen LogP contribution in [0.1, 0.15) is 38.0 Å². The molecule has 1 fully saturated rings. The van der Waals surface area contributed by atoms with Crippen LogP contribution in [0, 0.1) is 5.41 Å². The first kappa shape index (κ1) is 13.6. The Morgan fingerprint density at radius 3 is 2.75 bits per heavy atom. The van der Waals surface area contributed by atoms with Crippen LogP contribution in [0.2, 0.25) is 0 Å². The highest BCUT2D eigenvalue weighted by Gasteiger charge is 2.59. The van der Waals surface area contributed by atoms with Crippen molar-refractivity contribution >= 4 is 5.97 Å². The highest BCUT2D eigenvalue weighted by atomic mass is 16.8. The lowest BCUT2D eigenvalue weighted by Gasteiger charge is -2.37. The van der Waals surface area contributed by atoms with Gasteiger partial charge in [0.25, 0.3) is 0 Å². The van der Waals surface area contributed by atoms with E-state index in [4.69, 9.17) is 14.2 Å². The van der Waals surface area contributed by atoms with E-state index in [1.54, 1.807) is 13.8 Å². The van der Waals surface area contributed by atoms with Crippen molar-refractivity contribution in [2.75, 3.05) is 7.11 Å². The largest absolute Gasteiger partial charge is 0.468 e. The Hall–Kier alpha value is -1.39. The highest BCUT2D eigenvalue weighted by Crippen LogP contribution is 2.51. The van der Waals surface area contributed by atoms with Crippen LogP contribution in [0.15, 0.2) is 24.3 Å². The molecule has 1 heterocycles. The molecule has 3 atom stereocenters. The van der Waals surface area contributed by atoms with E-state index in [0.29, 0.717) is 0 Å². The maximum Gasteiger partial charge on any atom is 0.316 e. The topological polar surface area (TPSA) is 44.8 Å². The van der Waals surface area contributed by atoms with E-state index in [-0.39, 0.29) is 18.2 Å². The third-order valence-corrected chi connectivity index (χ3v) is 4.68. The van der Waals surface area contributed by atoms with Gasteiger partial charge in [-0.1, -0.05) is 24.3 Å². The summed E-state index contributed by atoms with van der Waals surface area (Å²) in [5.41, 5.74) is 1.57. The minimum Gasteiger partial charge on any atom is -0.468 e. The number of methoxy groups -OCH3 is 1. The summed E-state index contributed by atoms with van der Waals surface area (Å²) in [6, 6.07) is 8.20. The van der Waals surface area contributed by atoms with Crippen molar-refractivity contribution in [2.24, 2.45) is 5.41 Å². The van der Waals surface area contributed by atoms with Crippen LogP contribution in [-0.4, -0.2) is 25.0 Å². The molecule has 0 spiro atoms. The third kappa shape index (κ3) is 1.71. The fourth-order valence-electron chi connectivity index (χ4n) is 3.06. The van der Waals surface area contributed by atoms with E-state index in [9.17, 15) is 4.79 Å². The fraction of sp³-hybridized carbons (Fsp3) is 0.562. The van der Waals surface area contributed by atoms with Crippen molar-refractivity contribution in [3.8, 4) is 0 Å². The van der Waals surface area contributed by atoms with Crippen molar-refractivity contribution in [3.05, 3.63) is 35.4 Å². The van der Waals surface area contributed by atoms with Crippen LogP contribution in [0.4, 0.5) is 0 Å². The standard InChI is InChI=1S/C16H20O4/c1-15(2,14(17)18-4)16(3)19-12-9-10-7-5-6-8-11(10)13(12)20-16/h5-8,12-13H,9H2,1-4H3/t12-,13+,16+/m0/s1. The molecule has 0 N–H and O–H groups in total. The van der Waals surface area contributed by atoms with Crippen molar-refractivity contribution in [1.29, 1.82) is 0 Å². The average molecular weight is 276 g/mol. The molecule has 0 unspecified atom stereocenters. The van der Waals surface area contributed by atoms with Gasteiger partial charge in [0.15, 0.2) is 5.79 Å². The summed E-state index contributed by atoms with van der Waals surface area (Å²) in [7, 11) is 1.39. The second-order valence-corrected chi connectivity index (χ2v) is 6.16. The van der Waals surface area contributed by atoms with E-state index in [0.717, 1.165) is 6.42 Å². The van der Waals surface area contributed by atoms with Crippen molar-refractivity contribution < 1.29 is 19.0 Å². The Morgan fingerprint density at radius 2 is 2.05 bits per heavy atom. The smallest absolute Gasteiger partial charge is 0.316 e. The number of benzene rings is 1. The van der Waals surface area contributed by atoms with Crippen LogP contribution in [0.25, 0.3) is 0 Å². The zero-order valence-electron chi connectivity index (χ0n) is 12.3. The Labute approximate surface area is 119 Å². The van der Waals surface area contributed by atoms with Gasteiger partial charge in [-0.3, -0.25) is 4.79 Å². The predicted octanol–water partition coefficient (Wildman–Crippen LogP) is 2.61. The van der Waals surface area contributed by atoms with Crippen molar-refractivity contribution in [2.45, 2.75) is 45.2 Å². The summed E-state index contributed by atoms with van der Waals surface area (Å²) in [6.45, 7) is 5.42. The van der Waals surface area contributed by atoms with Gasteiger partial charge in [-0.2, -0.15) is 0 Å². The summed E-state index contributed by atoms with van der Waals surface area (Å²) >= 11 is 0. The molecule has 1 aromatic rings. The van der Waals surface area contributed by atoms with Crippen LogP contribution in [0.5, 0.6) is 0 Å². The number of hydrogen-bond acceptors (Lipinski definition) is 4. The second kappa shape index (κ2) is 4.30. The number of ether oxygens (including phenoxy) is 3. The molecule has 1 saturated heterocycles. The molecule has 0 bridgehead atoms. The third-order valence-electron chi connectivity index (χ3n) is 4.68. The van der Waals surface area contributed by atoms with Gasteiger partial charge in [0, 0.05) is 6.42 Å². The molecule has 1 aromatic carbocycles. The normalized spacial score (nSPS) is 31.8. The zero-order valence-corrected chi connectivity index (χ0v) is 12.3. The maximum absolute atomic E-state index is 12.0. The van der Waals surface area contributed by atoms with Crippen molar-refractivity contribution in [1.82, 2.24) is 0 Å². The lowest BCUT2D eigenvalue weighted by Crippen LogP contribution is -2.49. The number of carbonyl (C=O) groups is 1. The average Bonchev–Trinajstić information content (AvgIpc) is 2.92. The second-order valence-electron chi connectivity index (χ2n) is 6.16. The summed E-state index contributed by atoms with van der Waals surface area (Å²) in [6.07, 6.45) is 0.703. The number of rotatable bonds is 2. The molecule has 1 aliphatic heterocycles. The number of hydrogen-bond donors (Lipinski definition) is 0. The minimum absolute atomic E-state index is 0.0265. The summed E-state index contributed by atoms with van der Waals surface area (Å²) < 4.78 is 17.2. The Morgan fingerprint density at radius 1 is 1.35 bits per heavy atom. The van der Waals surface area contributed by atoms with E-state index in [1.165, 1.54) is 18.2 Å². The molecular weight excluding hydrogens is 256 g/mol. The molecule has 0 saturated carbocycles. The zero-order chi connectivity index (χ0) is 14.5. The number of fused-ring (bicyclic) bond motifs is 3. The molecule has 0 radical (unpaired) electrons. The molecule has 0 amide bonds. The fourth-order valence-corrected chi connectivity index (χ4v) is 3.06. The van der Waals surface area contributed by atoms with Gasteiger partial charge >= 0.3 is 5.97 Å². The Bertz CT molecular complexity index is 551. The van der Waals surface area contributed by atoms with Crippen LogP contribution in [0.3, 0.4) is 0 Å². The van der Waals surface area contributed by atoms with Crippen LogP contribution >= 0.6 is 0 Å². The monoisotopic (exact) mass is 276 g/mol. The lowest BCUT2D eigenvalue weighted by atomic mass is 9.84. The van der Waals surface area contributed by atoms with Crippen molar-refractivity contribution in [3.63, 3.8) is 0 Å². The van der Waals surface area contributed by atoms with Crippen LogP contribution < -0.4 is 0 Å². The molecule has 20 heavy (non-hydrogen) atoms. The molecule has 0 aromatic heterocycles. The SMILES string of the molecule is COC(=O)C(C)(C)[C@]1(C)O[C@H]2Cc3ccccc3[C@H]2O1. The first-order chi connectivity index (χ1) is 9.39. The highest BCUT2D eigenvalue weighted by molar-refractivity contribution is 5.77. The first-order valence-electron chi connectivity index (χ1n) is 6.91. The maximum atomic E-state index is 12.0. The summed E-state index contributed by atoms with van der Waals surface area (Å²) in [4.78, 5) is 12.0. The minimum atomic E-state index is -0.969. The van der Waals surface area contributed by atoms with E-state index >= 15 is 0 Å². The van der Waals surface area contributed by atoms with Gasteiger partial charge < -0.3 is 14.2 Å². The van der Waals surface area contributed by atoms with Gasteiger partial charge in [-0.25, -0.2) is 0 Å². The van der Waals surface area contributed by atoms with Gasteiger partial charge in [0.1, 0.15) is 11.5 Å². The van der Waals surface area contributed by atoms with Crippen LogP contribution in [-0.2, 0) is 25.4 Å². The molecular formula is C16H20O4. The van der Waals surface area contributed by atoms with E-state index in [2.05, 4.69) is 12.1 Å². The Kier molecular flexibility index (Phi) is 2.92. The number of esters is 1. The molecule has 3 rings (SSSR count). The first-order valence-corrected chi connectivity index (χ1v) is 6.91. The van der Waals surface area contributed by atoms with Gasteiger partial charge in [-0.05, 0) is 31.9 Å². The summed E-state index contributed by atoms with van der Waals surface area (Å²) in [5.74, 6) is -1.29. The molecule has 108 valence electrons. The Balaban J connectivity index is 1.90. The predicted molar refractivity (Wildman–Crippen MR) is 73.0 cm³/mol. The molecule has 1 aliphatic carbocycles. The quantitative estimate of drug-likeness (QED) is 0.779.